The van der Waals surface area contributed by atoms with Crippen LogP contribution >= 0.6 is 0 Å². The second kappa shape index (κ2) is 8.46. The number of methoxy groups -OCH3 is 1. The first kappa shape index (κ1) is 20.4. The van der Waals surface area contributed by atoms with Crippen molar-refractivity contribution >= 4 is 18.2 Å². The molecule has 25 heavy (non-hydrogen) atoms. The lowest BCUT2D eigenvalue weighted by molar-refractivity contribution is -0.130. The summed E-state index contributed by atoms with van der Waals surface area (Å²) in [6, 6.07) is -0.351. The molecule has 1 aliphatic rings. The number of nitrogens with zero attached hydrogens (tertiary/aromatic N) is 3. The molecule has 1 saturated heterocycles. The highest BCUT2D eigenvalue weighted by atomic mass is 16.5. The maximum Gasteiger partial charge on any atom is 0.332 e. The molecule has 0 aromatic heterocycles. The third-order valence-corrected chi connectivity index (χ3v) is 4.02. The summed E-state index contributed by atoms with van der Waals surface area (Å²) in [5.41, 5.74) is 0.454. The van der Waals surface area contributed by atoms with E-state index >= 15 is 0 Å². The summed E-state index contributed by atoms with van der Waals surface area (Å²) in [6.07, 6.45) is 8.43. The molecule has 0 aliphatic carbocycles. The van der Waals surface area contributed by atoms with E-state index in [-0.39, 0.29) is 11.9 Å². The number of rotatable bonds is 7. The molecule has 0 atom stereocenters. The van der Waals surface area contributed by atoms with Crippen LogP contribution in [0, 0.1) is 0 Å². The maximum absolute atomic E-state index is 12.8. The normalized spacial score (nSPS) is 19.2. The molecule has 1 aliphatic heterocycles. The van der Waals surface area contributed by atoms with E-state index in [0.29, 0.717) is 18.0 Å². The van der Waals surface area contributed by atoms with Gasteiger partial charge in [0.05, 0.1) is 12.8 Å². The monoisotopic (exact) mass is 345 g/mol. The number of carbonyl (C=O) groups excluding carboxylic acids is 2. The molecule has 1 rings (SSSR count). The fourth-order valence-corrected chi connectivity index (χ4v) is 2.47. The van der Waals surface area contributed by atoms with Crippen molar-refractivity contribution in [1.29, 1.82) is 0 Å². The summed E-state index contributed by atoms with van der Waals surface area (Å²) < 4.78 is 5.12. The Morgan fingerprint density at radius 1 is 1.32 bits per heavy atom. The largest absolute Gasteiger partial charge is 0.497 e. The summed E-state index contributed by atoms with van der Waals surface area (Å²) >= 11 is 0. The fourth-order valence-electron chi connectivity index (χ4n) is 2.47. The van der Waals surface area contributed by atoms with Gasteiger partial charge in [0, 0.05) is 19.8 Å². The summed E-state index contributed by atoms with van der Waals surface area (Å²) in [4.78, 5) is 32.3. The average molecular weight is 345 g/mol. The Labute approximate surface area is 149 Å². The zero-order chi connectivity index (χ0) is 19.2. The van der Waals surface area contributed by atoms with Crippen LogP contribution < -0.4 is 0 Å². The van der Waals surface area contributed by atoms with Gasteiger partial charge in [-0.3, -0.25) is 9.79 Å². The van der Waals surface area contributed by atoms with Gasteiger partial charge in [0.2, 0.25) is 0 Å². The smallest absolute Gasteiger partial charge is 0.332 e. The second-order valence-corrected chi connectivity index (χ2v) is 6.16. The summed E-state index contributed by atoms with van der Waals surface area (Å²) in [5, 5.41) is 0. The lowest BCUT2D eigenvalue weighted by Gasteiger charge is -2.27. The minimum atomic E-state index is -0.936. The second-order valence-electron chi connectivity index (χ2n) is 6.16. The molecule has 0 spiro atoms. The van der Waals surface area contributed by atoms with Gasteiger partial charge in [0.1, 0.15) is 11.3 Å². The van der Waals surface area contributed by atoms with Crippen molar-refractivity contribution in [1.82, 2.24) is 9.80 Å². The first-order valence-corrected chi connectivity index (χ1v) is 8.03. The predicted octanol–water partition coefficient (Wildman–Crippen LogP) is 3.30. The van der Waals surface area contributed by atoms with Crippen LogP contribution in [0.5, 0.6) is 0 Å². The van der Waals surface area contributed by atoms with E-state index in [0.717, 1.165) is 5.57 Å². The minimum Gasteiger partial charge on any atom is -0.497 e. The highest BCUT2D eigenvalue weighted by Crippen LogP contribution is 2.30. The summed E-state index contributed by atoms with van der Waals surface area (Å²) in [6.45, 7) is 11.1. The molecule has 0 N–H and O–H groups in total. The molecule has 6 heteroatoms. The molecule has 0 radical (unpaired) electrons. The Morgan fingerprint density at radius 3 is 2.44 bits per heavy atom. The van der Waals surface area contributed by atoms with Gasteiger partial charge in [-0.15, -0.1) is 0 Å². The quantitative estimate of drug-likeness (QED) is 0.308. The Bertz CT molecular complexity index is 669. The lowest BCUT2D eigenvalue weighted by atomic mass is 10.0. The molecule has 0 bridgehead atoms. The van der Waals surface area contributed by atoms with E-state index in [2.05, 4.69) is 11.6 Å². The number of amides is 3. The first-order chi connectivity index (χ1) is 11.7. The summed E-state index contributed by atoms with van der Waals surface area (Å²) in [7, 11) is 3.16. The van der Waals surface area contributed by atoms with Crippen molar-refractivity contribution in [3.63, 3.8) is 0 Å². The molecule has 6 nitrogen and oxygen atoms in total. The minimum absolute atomic E-state index is 0.266. The van der Waals surface area contributed by atoms with Crippen molar-refractivity contribution in [2.24, 2.45) is 4.99 Å². The number of ether oxygens (including phenoxy) is 1. The maximum atomic E-state index is 12.8. The fraction of sp³-hybridized carbons (Fsp3) is 0.421. The van der Waals surface area contributed by atoms with Gasteiger partial charge in [-0.1, -0.05) is 24.3 Å². The molecule has 3 amide bonds. The lowest BCUT2D eigenvalue weighted by Crippen LogP contribution is -2.44. The number of hydrogen-bond donors (Lipinski definition) is 0. The standard InChI is InChI=1S/C19H27N3O3/c1-8-15(12-20-6)22-17(23)19(4,5)21(18(22)24)13-14(3)10-11-16(9-2)25-7/h8-12H,2,13H2,1,3-7H3. The number of carbonyl (C=O) groups is 2. The number of urea groups is 1. The van der Waals surface area contributed by atoms with E-state index in [1.165, 1.54) is 11.1 Å². The van der Waals surface area contributed by atoms with Crippen LogP contribution in [0.15, 0.2) is 52.9 Å². The SMILES string of the molecule is C=CC(=CC=C(C)CN1C(=O)N(C(C=NC)=CC)C(=O)C1(C)C)OC. The first-order valence-electron chi connectivity index (χ1n) is 8.03. The van der Waals surface area contributed by atoms with E-state index in [1.54, 1.807) is 58.1 Å². The van der Waals surface area contributed by atoms with Crippen LogP contribution in [-0.4, -0.2) is 54.2 Å². The van der Waals surface area contributed by atoms with Crippen molar-refractivity contribution in [3.8, 4) is 0 Å². The van der Waals surface area contributed by atoms with Crippen molar-refractivity contribution in [2.45, 2.75) is 33.2 Å². The van der Waals surface area contributed by atoms with Crippen LogP contribution in [0.4, 0.5) is 4.79 Å². The van der Waals surface area contributed by atoms with Crippen molar-refractivity contribution in [3.05, 3.63) is 47.9 Å². The summed E-state index contributed by atoms with van der Waals surface area (Å²) in [5.74, 6) is 0.358. The highest BCUT2D eigenvalue weighted by Gasteiger charge is 2.51. The Morgan fingerprint density at radius 2 is 1.96 bits per heavy atom. The van der Waals surface area contributed by atoms with Crippen LogP contribution in [-0.2, 0) is 9.53 Å². The third-order valence-electron chi connectivity index (χ3n) is 4.02. The topological polar surface area (TPSA) is 62.2 Å². The molecule has 1 heterocycles. The number of allylic oxidation sites excluding steroid dienone is 5. The molecule has 1 fully saturated rings. The molecular formula is C19H27N3O3. The van der Waals surface area contributed by atoms with Gasteiger partial charge in [0.15, 0.2) is 0 Å². The van der Waals surface area contributed by atoms with E-state index < -0.39 is 5.54 Å². The Hall–Kier alpha value is -2.63. The molecule has 136 valence electrons. The van der Waals surface area contributed by atoms with E-state index in [4.69, 9.17) is 4.74 Å². The zero-order valence-electron chi connectivity index (χ0n) is 15.9. The number of hydrogen-bond acceptors (Lipinski definition) is 4. The van der Waals surface area contributed by atoms with E-state index in [9.17, 15) is 9.59 Å². The third kappa shape index (κ3) is 4.26. The zero-order valence-corrected chi connectivity index (χ0v) is 15.9. The molecule has 0 unspecified atom stereocenters. The van der Waals surface area contributed by atoms with Gasteiger partial charge in [-0.05, 0) is 39.8 Å². The number of aliphatic imine (C=N–C) groups is 1. The molecule has 0 aromatic carbocycles. The Kier molecular flexibility index (Phi) is 6.91. The average Bonchev–Trinajstić information content (AvgIpc) is 2.74. The van der Waals surface area contributed by atoms with Crippen molar-refractivity contribution in [2.75, 3.05) is 20.7 Å². The van der Waals surface area contributed by atoms with Gasteiger partial charge in [-0.2, -0.15) is 0 Å². The van der Waals surface area contributed by atoms with Gasteiger partial charge in [0.25, 0.3) is 5.91 Å². The van der Waals surface area contributed by atoms with Crippen LogP contribution in [0.1, 0.15) is 27.7 Å². The van der Waals surface area contributed by atoms with Crippen molar-refractivity contribution < 1.29 is 14.3 Å². The number of imide groups is 1. The van der Waals surface area contributed by atoms with Crippen LogP contribution in [0.2, 0.25) is 0 Å². The van der Waals surface area contributed by atoms with E-state index in [1.807, 2.05) is 13.0 Å². The predicted molar refractivity (Wildman–Crippen MR) is 100 cm³/mol. The van der Waals surface area contributed by atoms with Gasteiger partial charge < -0.3 is 9.64 Å². The Balaban J connectivity index is 3.14. The highest BCUT2D eigenvalue weighted by molar-refractivity contribution is 6.11. The van der Waals surface area contributed by atoms with Crippen LogP contribution in [0.3, 0.4) is 0 Å². The van der Waals surface area contributed by atoms with Gasteiger partial charge in [-0.25, -0.2) is 9.69 Å². The molecule has 0 saturated carbocycles. The molecule has 0 aromatic rings. The molecular weight excluding hydrogens is 318 g/mol. The van der Waals surface area contributed by atoms with Crippen LogP contribution in [0.25, 0.3) is 0 Å². The van der Waals surface area contributed by atoms with Gasteiger partial charge >= 0.3 is 6.03 Å².